The van der Waals surface area contributed by atoms with Gasteiger partial charge in [-0.05, 0) is 0 Å². The van der Waals surface area contributed by atoms with Crippen molar-refractivity contribution in [2.45, 2.75) is 18.8 Å². The summed E-state index contributed by atoms with van der Waals surface area (Å²) in [7, 11) is 0. The van der Waals surface area contributed by atoms with Crippen LogP contribution in [0.5, 0.6) is 0 Å². The molecule has 1 rings (SSSR count). The van der Waals surface area contributed by atoms with Gasteiger partial charge < -0.3 is 16.2 Å². The van der Waals surface area contributed by atoms with Gasteiger partial charge in [0.15, 0.2) is 0 Å². The van der Waals surface area contributed by atoms with Crippen LogP contribution < -0.4 is 16.6 Å². The van der Waals surface area contributed by atoms with E-state index in [4.69, 9.17) is 22.4 Å². The number of hydrogen-bond acceptors (Lipinski definition) is 5. The third-order valence-electron chi connectivity index (χ3n) is 2.13. The second-order valence-electron chi connectivity index (χ2n) is 3.75. The first-order valence-corrected chi connectivity index (χ1v) is 5.53. The van der Waals surface area contributed by atoms with Crippen LogP contribution in [0.1, 0.15) is 0 Å². The van der Waals surface area contributed by atoms with Gasteiger partial charge >= 0.3 is 6.18 Å². The molecule has 0 radical (unpaired) electrons. The lowest BCUT2D eigenvalue weighted by atomic mass is 10.3. The van der Waals surface area contributed by atoms with Crippen LogP contribution in [0.3, 0.4) is 0 Å². The fourth-order valence-corrected chi connectivity index (χ4v) is 1.39. The molecule has 0 aliphatic carbocycles. The SMILES string of the molecule is NC(=O)C(O)CNc1cnn(CC(F)(F)F)c(=O)c1Cl. The Balaban J connectivity index is 2.90. The predicted octanol–water partition coefficient (Wildman–Crippen LogP) is -0.283. The van der Waals surface area contributed by atoms with Gasteiger partial charge in [-0.1, -0.05) is 11.6 Å². The zero-order valence-electron chi connectivity index (χ0n) is 9.82. The van der Waals surface area contributed by atoms with Crippen LogP contribution in [0.4, 0.5) is 18.9 Å². The van der Waals surface area contributed by atoms with E-state index in [2.05, 4.69) is 10.4 Å². The van der Waals surface area contributed by atoms with E-state index in [0.29, 0.717) is 0 Å². The zero-order chi connectivity index (χ0) is 15.5. The van der Waals surface area contributed by atoms with Crippen LogP contribution in [0.25, 0.3) is 0 Å². The van der Waals surface area contributed by atoms with Gasteiger partial charge in [0.25, 0.3) is 5.56 Å². The molecule has 0 fully saturated rings. The lowest BCUT2D eigenvalue weighted by Crippen LogP contribution is -2.35. The minimum Gasteiger partial charge on any atom is -0.381 e. The summed E-state index contributed by atoms with van der Waals surface area (Å²) in [5.74, 6) is -1.01. The smallest absolute Gasteiger partial charge is 0.381 e. The lowest BCUT2D eigenvalue weighted by molar-refractivity contribution is -0.143. The van der Waals surface area contributed by atoms with Crippen molar-refractivity contribution in [3.63, 3.8) is 0 Å². The number of hydrogen-bond donors (Lipinski definition) is 3. The molecule has 0 aliphatic rings. The number of nitrogens with zero attached hydrogens (tertiary/aromatic N) is 2. The summed E-state index contributed by atoms with van der Waals surface area (Å²) in [4.78, 5) is 22.1. The molecule has 4 N–H and O–H groups in total. The Hall–Kier alpha value is -1.81. The number of primary amides is 1. The number of amides is 1. The van der Waals surface area contributed by atoms with Crippen molar-refractivity contribution < 1.29 is 23.1 Å². The molecular weight excluding hydrogens is 305 g/mol. The van der Waals surface area contributed by atoms with Crippen molar-refractivity contribution in [3.8, 4) is 0 Å². The summed E-state index contributed by atoms with van der Waals surface area (Å²) >= 11 is 5.59. The van der Waals surface area contributed by atoms with Crippen molar-refractivity contribution in [2.75, 3.05) is 11.9 Å². The molecule has 0 aromatic carbocycles. The second kappa shape index (κ2) is 6.09. The molecule has 0 saturated heterocycles. The van der Waals surface area contributed by atoms with Gasteiger partial charge in [-0.2, -0.15) is 18.3 Å². The van der Waals surface area contributed by atoms with E-state index in [1.165, 1.54) is 0 Å². The van der Waals surface area contributed by atoms with E-state index in [1.54, 1.807) is 0 Å². The normalized spacial score (nSPS) is 13.1. The quantitative estimate of drug-likeness (QED) is 0.692. The minimum atomic E-state index is -4.61. The van der Waals surface area contributed by atoms with Gasteiger partial charge in [-0.3, -0.25) is 9.59 Å². The van der Waals surface area contributed by atoms with E-state index in [9.17, 15) is 22.8 Å². The molecule has 112 valence electrons. The van der Waals surface area contributed by atoms with E-state index in [1.807, 2.05) is 0 Å². The fourth-order valence-electron chi connectivity index (χ4n) is 1.18. The van der Waals surface area contributed by atoms with Crippen LogP contribution in [0.2, 0.25) is 5.02 Å². The van der Waals surface area contributed by atoms with Crippen LogP contribution in [-0.2, 0) is 11.3 Å². The Morgan fingerprint density at radius 2 is 2.20 bits per heavy atom. The Labute approximate surface area is 115 Å². The minimum absolute atomic E-state index is 0.115. The summed E-state index contributed by atoms with van der Waals surface area (Å²) in [6.45, 7) is -1.94. The molecule has 1 atom stereocenters. The number of halogens is 4. The Morgan fingerprint density at radius 1 is 1.60 bits per heavy atom. The van der Waals surface area contributed by atoms with Crippen molar-refractivity contribution in [1.29, 1.82) is 0 Å². The number of aliphatic hydroxyl groups excluding tert-OH is 1. The number of alkyl halides is 3. The molecule has 0 aliphatic heterocycles. The topological polar surface area (TPSA) is 110 Å². The van der Waals surface area contributed by atoms with Crippen molar-refractivity contribution in [3.05, 3.63) is 21.6 Å². The molecule has 1 aromatic rings. The summed E-state index contributed by atoms with van der Waals surface area (Å²) in [6.07, 6.45) is -5.27. The molecule has 1 aromatic heterocycles. The largest absolute Gasteiger partial charge is 0.408 e. The molecule has 20 heavy (non-hydrogen) atoms. The van der Waals surface area contributed by atoms with Gasteiger partial charge in [-0.15, -0.1) is 0 Å². The first-order chi connectivity index (χ1) is 9.11. The van der Waals surface area contributed by atoms with Crippen LogP contribution in [-0.4, -0.2) is 39.6 Å². The summed E-state index contributed by atoms with van der Waals surface area (Å²) in [5, 5.41) is 14.3. The third-order valence-corrected chi connectivity index (χ3v) is 2.49. The maximum Gasteiger partial charge on any atom is 0.408 e. The number of nitrogens with one attached hydrogen (secondary N) is 1. The number of rotatable bonds is 5. The van der Waals surface area contributed by atoms with E-state index >= 15 is 0 Å². The van der Waals surface area contributed by atoms with Gasteiger partial charge in [0.1, 0.15) is 17.7 Å². The lowest BCUT2D eigenvalue weighted by Gasteiger charge is -2.12. The maximum absolute atomic E-state index is 12.2. The highest BCUT2D eigenvalue weighted by atomic mass is 35.5. The summed E-state index contributed by atoms with van der Waals surface area (Å²) in [6, 6.07) is 0. The first kappa shape index (κ1) is 16.2. The Bertz CT molecular complexity index is 560. The number of carbonyl (C=O) groups is 1. The molecule has 0 spiro atoms. The monoisotopic (exact) mass is 314 g/mol. The standard InChI is InChI=1S/C9H10ClF3N4O3/c10-6-4(15-2-5(18)7(14)19)1-16-17(8(6)20)3-9(11,12)13/h1,5,15,18H,2-3H2,(H2,14,19). The molecule has 11 heteroatoms. The number of anilines is 1. The molecule has 7 nitrogen and oxygen atoms in total. The summed E-state index contributed by atoms with van der Waals surface area (Å²) < 4.78 is 36.6. The molecule has 0 bridgehead atoms. The van der Waals surface area contributed by atoms with Crippen LogP contribution in [0, 0.1) is 0 Å². The second-order valence-corrected chi connectivity index (χ2v) is 4.13. The van der Waals surface area contributed by atoms with Gasteiger partial charge in [0.2, 0.25) is 5.91 Å². The number of carbonyl (C=O) groups excluding carboxylic acids is 1. The first-order valence-electron chi connectivity index (χ1n) is 5.15. The highest BCUT2D eigenvalue weighted by Gasteiger charge is 2.29. The Morgan fingerprint density at radius 3 is 2.70 bits per heavy atom. The Kier molecular flexibility index (Phi) is 4.95. The zero-order valence-corrected chi connectivity index (χ0v) is 10.6. The number of aromatic nitrogens is 2. The average Bonchev–Trinajstić information content (AvgIpc) is 2.32. The molecule has 1 unspecified atom stereocenters. The average molecular weight is 315 g/mol. The summed E-state index contributed by atoms with van der Waals surface area (Å²) in [5.41, 5.74) is 3.53. The van der Waals surface area contributed by atoms with E-state index in [0.717, 1.165) is 6.20 Å². The van der Waals surface area contributed by atoms with Crippen LogP contribution >= 0.6 is 11.6 Å². The third kappa shape index (κ3) is 4.38. The predicted molar refractivity (Wildman–Crippen MR) is 63.3 cm³/mol. The van der Waals surface area contributed by atoms with Crippen LogP contribution in [0.15, 0.2) is 11.0 Å². The van der Waals surface area contributed by atoms with Gasteiger partial charge in [-0.25, -0.2) is 4.68 Å². The fraction of sp³-hybridized carbons (Fsp3) is 0.444. The number of aliphatic hydroxyl groups is 1. The number of nitrogens with two attached hydrogens (primary N) is 1. The molecule has 0 saturated carbocycles. The molecule has 1 amide bonds. The maximum atomic E-state index is 12.2. The van der Waals surface area contributed by atoms with Crippen molar-refractivity contribution >= 4 is 23.2 Å². The molecule has 1 heterocycles. The van der Waals surface area contributed by atoms with E-state index in [-0.39, 0.29) is 16.9 Å². The highest BCUT2D eigenvalue weighted by Crippen LogP contribution is 2.18. The van der Waals surface area contributed by atoms with Gasteiger partial charge in [0.05, 0.1) is 11.9 Å². The van der Waals surface area contributed by atoms with Crippen molar-refractivity contribution in [2.24, 2.45) is 5.73 Å². The van der Waals surface area contributed by atoms with Gasteiger partial charge in [0, 0.05) is 6.54 Å². The van der Waals surface area contributed by atoms with E-state index < -0.39 is 35.3 Å². The molecular formula is C9H10ClF3N4O3. The highest BCUT2D eigenvalue weighted by molar-refractivity contribution is 6.32. The van der Waals surface area contributed by atoms with Crippen molar-refractivity contribution in [1.82, 2.24) is 9.78 Å².